The van der Waals surface area contributed by atoms with Crippen LogP contribution in [0.3, 0.4) is 0 Å². The van der Waals surface area contributed by atoms with Crippen molar-refractivity contribution in [3.8, 4) is 11.5 Å². The summed E-state index contributed by atoms with van der Waals surface area (Å²) in [5, 5.41) is 2.98. The Hall–Kier alpha value is -1.43. The number of halogens is 4. The number of alkyl halides is 3. The maximum Gasteiger partial charge on any atom is 0.401 e. The minimum atomic E-state index is -4.18. The molecule has 1 fully saturated rings. The first-order valence-corrected chi connectivity index (χ1v) is 7.87. The molecule has 3 N–H and O–H groups in total. The number of methoxy groups -OCH3 is 2. The predicted molar refractivity (Wildman–Crippen MR) is 104 cm³/mol. The SMILES string of the molecule is COc1ccc(CN=C(N)NC2CCN(CC(F)(F)F)C2)cc1OC.I. The van der Waals surface area contributed by atoms with Crippen LogP contribution in [0.25, 0.3) is 0 Å². The molecule has 2 rings (SSSR count). The number of rotatable bonds is 6. The van der Waals surface area contributed by atoms with Gasteiger partial charge in [0.1, 0.15) is 0 Å². The van der Waals surface area contributed by atoms with Crippen LogP contribution in [0.5, 0.6) is 11.5 Å². The van der Waals surface area contributed by atoms with Gasteiger partial charge < -0.3 is 20.5 Å². The van der Waals surface area contributed by atoms with Crippen LogP contribution in [-0.2, 0) is 6.54 Å². The smallest absolute Gasteiger partial charge is 0.401 e. The Morgan fingerprint density at radius 1 is 1.31 bits per heavy atom. The van der Waals surface area contributed by atoms with Crippen LogP contribution in [0.1, 0.15) is 12.0 Å². The summed E-state index contributed by atoms with van der Waals surface area (Å²) in [5.74, 6) is 1.44. The summed E-state index contributed by atoms with van der Waals surface area (Å²) in [6, 6.07) is 5.30. The fraction of sp³-hybridized carbons (Fsp3) is 0.562. The van der Waals surface area contributed by atoms with Gasteiger partial charge in [0.2, 0.25) is 0 Å². The van der Waals surface area contributed by atoms with Crippen LogP contribution in [-0.4, -0.2) is 56.9 Å². The van der Waals surface area contributed by atoms with Crippen molar-refractivity contribution < 1.29 is 22.6 Å². The van der Waals surface area contributed by atoms with Crippen LogP contribution in [0, 0.1) is 0 Å². The molecule has 1 aliphatic rings. The van der Waals surface area contributed by atoms with Crippen molar-refractivity contribution in [2.75, 3.05) is 33.9 Å². The molecule has 0 saturated carbocycles. The van der Waals surface area contributed by atoms with Gasteiger partial charge in [-0.2, -0.15) is 13.2 Å². The molecule has 0 aliphatic carbocycles. The lowest BCUT2D eigenvalue weighted by molar-refractivity contribution is -0.143. The molecule has 0 aromatic heterocycles. The van der Waals surface area contributed by atoms with Gasteiger partial charge in [-0.05, 0) is 24.1 Å². The van der Waals surface area contributed by atoms with Gasteiger partial charge in [0.25, 0.3) is 0 Å². The Kier molecular flexibility index (Phi) is 8.74. The third-order valence-corrected chi connectivity index (χ3v) is 3.91. The number of nitrogens with two attached hydrogens (primary N) is 1. The van der Waals surface area contributed by atoms with Crippen molar-refractivity contribution in [3.63, 3.8) is 0 Å². The summed E-state index contributed by atoms with van der Waals surface area (Å²) in [6.07, 6.45) is -3.58. The van der Waals surface area contributed by atoms with E-state index < -0.39 is 12.7 Å². The second kappa shape index (κ2) is 10.0. The normalized spacial score (nSPS) is 18.3. The highest BCUT2D eigenvalue weighted by Gasteiger charge is 2.34. The van der Waals surface area contributed by atoms with Crippen molar-refractivity contribution in [1.29, 1.82) is 0 Å². The van der Waals surface area contributed by atoms with Crippen molar-refractivity contribution >= 4 is 29.9 Å². The Bertz CT molecular complexity index is 614. The van der Waals surface area contributed by atoms with Crippen LogP contribution in [0.2, 0.25) is 0 Å². The standard InChI is InChI=1S/C16H23F3N4O2.HI/c1-24-13-4-3-11(7-14(13)25-2)8-21-15(20)22-12-5-6-23(9-12)10-16(17,18)19;/h3-4,7,12H,5-6,8-10H2,1-2H3,(H3,20,21,22);1H. The maximum atomic E-state index is 12.4. The molecule has 1 atom stereocenters. The Morgan fingerprint density at radius 3 is 2.62 bits per heavy atom. The molecule has 148 valence electrons. The van der Waals surface area contributed by atoms with Gasteiger partial charge in [0.15, 0.2) is 17.5 Å². The number of benzene rings is 1. The molecule has 1 aromatic rings. The molecule has 6 nitrogen and oxygen atoms in total. The number of nitrogens with zero attached hydrogens (tertiary/aromatic N) is 2. The highest BCUT2D eigenvalue weighted by atomic mass is 127. The van der Waals surface area contributed by atoms with E-state index in [0.717, 1.165) is 5.56 Å². The third-order valence-electron chi connectivity index (χ3n) is 3.91. The quantitative estimate of drug-likeness (QED) is 0.366. The van der Waals surface area contributed by atoms with Crippen LogP contribution in [0.4, 0.5) is 13.2 Å². The van der Waals surface area contributed by atoms with Gasteiger partial charge in [-0.25, -0.2) is 4.99 Å². The predicted octanol–water partition coefficient (Wildman–Crippen LogP) is 2.36. The lowest BCUT2D eigenvalue weighted by Crippen LogP contribution is -2.42. The Labute approximate surface area is 167 Å². The number of guanidine groups is 1. The molecule has 1 aliphatic heterocycles. The monoisotopic (exact) mass is 488 g/mol. The maximum absolute atomic E-state index is 12.4. The molecule has 0 radical (unpaired) electrons. The van der Waals surface area contributed by atoms with E-state index in [-0.39, 0.29) is 36.0 Å². The lowest BCUT2D eigenvalue weighted by atomic mass is 10.2. The van der Waals surface area contributed by atoms with E-state index in [2.05, 4.69) is 10.3 Å². The zero-order valence-corrected chi connectivity index (χ0v) is 17.0. The second-order valence-corrected chi connectivity index (χ2v) is 5.87. The van der Waals surface area contributed by atoms with E-state index >= 15 is 0 Å². The minimum Gasteiger partial charge on any atom is -0.493 e. The summed E-state index contributed by atoms with van der Waals surface area (Å²) < 4.78 is 47.6. The average Bonchev–Trinajstić information content (AvgIpc) is 2.97. The summed E-state index contributed by atoms with van der Waals surface area (Å²) in [6.45, 7) is 0.123. The Morgan fingerprint density at radius 2 is 2.00 bits per heavy atom. The third kappa shape index (κ3) is 7.06. The van der Waals surface area contributed by atoms with Crippen molar-refractivity contribution in [3.05, 3.63) is 23.8 Å². The summed E-state index contributed by atoms with van der Waals surface area (Å²) in [4.78, 5) is 5.60. The molecule has 1 unspecified atom stereocenters. The summed E-state index contributed by atoms with van der Waals surface area (Å²) >= 11 is 0. The molecular weight excluding hydrogens is 464 g/mol. The van der Waals surface area contributed by atoms with Gasteiger partial charge in [-0.15, -0.1) is 24.0 Å². The second-order valence-electron chi connectivity index (χ2n) is 5.87. The topological polar surface area (TPSA) is 72.1 Å². The van der Waals surface area contributed by atoms with E-state index in [0.29, 0.717) is 37.6 Å². The van der Waals surface area contributed by atoms with Gasteiger partial charge in [-0.1, -0.05) is 6.07 Å². The number of ether oxygens (including phenoxy) is 2. The zero-order valence-electron chi connectivity index (χ0n) is 14.7. The van der Waals surface area contributed by atoms with Crippen molar-refractivity contribution in [1.82, 2.24) is 10.2 Å². The molecule has 26 heavy (non-hydrogen) atoms. The molecule has 0 spiro atoms. The van der Waals surface area contributed by atoms with E-state index in [1.807, 2.05) is 6.07 Å². The molecular formula is C16H24F3IN4O2. The highest BCUT2D eigenvalue weighted by molar-refractivity contribution is 14.0. The molecule has 0 amide bonds. The van der Waals surface area contributed by atoms with Crippen LogP contribution in [0.15, 0.2) is 23.2 Å². The fourth-order valence-corrected chi connectivity index (χ4v) is 2.76. The lowest BCUT2D eigenvalue weighted by Gasteiger charge is -2.18. The number of hydrogen-bond acceptors (Lipinski definition) is 4. The van der Waals surface area contributed by atoms with E-state index in [9.17, 15) is 13.2 Å². The van der Waals surface area contributed by atoms with Crippen molar-refractivity contribution in [2.45, 2.75) is 25.2 Å². The number of hydrogen-bond donors (Lipinski definition) is 2. The van der Waals surface area contributed by atoms with E-state index in [1.54, 1.807) is 26.4 Å². The first-order chi connectivity index (χ1) is 11.8. The number of likely N-dealkylation sites (tertiary alicyclic amines) is 1. The molecule has 0 bridgehead atoms. The summed E-state index contributed by atoms with van der Waals surface area (Å²) in [7, 11) is 3.11. The fourth-order valence-electron chi connectivity index (χ4n) is 2.76. The molecule has 10 heteroatoms. The van der Waals surface area contributed by atoms with Gasteiger partial charge in [0, 0.05) is 19.1 Å². The van der Waals surface area contributed by atoms with Gasteiger partial charge in [0.05, 0.1) is 27.3 Å². The first-order valence-electron chi connectivity index (χ1n) is 7.87. The molecule has 1 saturated heterocycles. The average molecular weight is 488 g/mol. The summed E-state index contributed by atoms with van der Waals surface area (Å²) in [5.41, 5.74) is 6.72. The van der Waals surface area contributed by atoms with Gasteiger partial charge in [-0.3, -0.25) is 4.90 Å². The largest absolute Gasteiger partial charge is 0.493 e. The van der Waals surface area contributed by atoms with Crippen molar-refractivity contribution in [2.24, 2.45) is 10.7 Å². The van der Waals surface area contributed by atoms with Crippen LogP contribution < -0.4 is 20.5 Å². The number of aliphatic imine (C=N–C) groups is 1. The Balaban J connectivity index is 0.00000338. The van der Waals surface area contributed by atoms with Gasteiger partial charge >= 0.3 is 6.18 Å². The highest BCUT2D eigenvalue weighted by Crippen LogP contribution is 2.27. The molecule has 1 aromatic carbocycles. The van der Waals surface area contributed by atoms with E-state index in [1.165, 1.54) is 4.90 Å². The first kappa shape index (κ1) is 22.6. The molecule has 1 heterocycles. The van der Waals surface area contributed by atoms with Crippen LogP contribution >= 0.6 is 24.0 Å². The van der Waals surface area contributed by atoms with E-state index in [4.69, 9.17) is 15.2 Å². The minimum absolute atomic E-state index is 0. The zero-order chi connectivity index (χ0) is 18.4. The number of nitrogens with one attached hydrogen (secondary N) is 1.